The van der Waals surface area contributed by atoms with Crippen LogP contribution in [0.3, 0.4) is 0 Å². The molecule has 0 radical (unpaired) electrons. The molecule has 1 amide bonds. The van der Waals surface area contributed by atoms with Crippen LogP contribution in [0.25, 0.3) is 0 Å². The second-order valence-corrected chi connectivity index (χ2v) is 3.16. The number of aromatic amines is 1. The number of H-pyrrole nitrogens is 1. The lowest BCUT2D eigenvalue weighted by atomic mass is 10.2. The predicted molar refractivity (Wildman–Crippen MR) is 57.4 cm³/mol. The van der Waals surface area contributed by atoms with Crippen molar-refractivity contribution < 1.29 is 19.4 Å². The van der Waals surface area contributed by atoms with Crippen molar-refractivity contribution in [3.8, 4) is 0 Å². The first-order valence-electron chi connectivity index (χ1n) is 4.78. The number of pyridine rings is 1. The van der Waals surface area contributed by atoms with Crippen LogP contribution >= 0.6 is 0 Å². The Hall–Kier alpha value is -2.15. The van der Waals surface area contributed by atoms with Gasteiger partial charge in [0.2, 0.25) is 0 Å². The highest BCUT2D eigenvalue weighted by atomic mass is 16.5. The molecule has 1 aromatic heterocycles. The highest BCUT2D eigenvalue weighted by Crippen LogP contribution is 1.90. The van der Waals surface area contributed by atoms with E-state index in [1.54, 1.807) is 0 Å². The SMILES string of the molecule is COC(=O)C(O)CNC(=O)c1ccc[nH]c1=O. The lowest BCUT2D eigenvalue weighted by Gasteiger charge is -2.09. The van der Waals surface area contributed by atoms with Crippen molar-refractivity contribution in [1.29, 1.82) is 0 Å². The van der Waals surface area contributed by atoms with Crippen molar-refractivity contribution in [2.24, 2.45) is 0 Å². The Bertz CT molecular complexity index is 468. The van der Waals surface area contributed by atoms with Gasteiger partial charge in [-0.2, -0.15) is 0 Å². The molecule has 0 aliphatic heterocycles. The number of nitrogens with one attached hydrogen (secondary N) is 2. The molecule has 1 heterocycles. The molecule has 0 saturated carbocycles. The van der Waals surface area contributed by atoms with E-state index < -0.39 is 23.5 Å². The van der Waals surface area contributed by atoms with E-state index in [4.69, 9.17) is 0 Å². The zero-order chi connectivity index (χ0) is 12.8. The minimum atomic E-state index is -1.45. The molecule has 0 aliphatic carbocycles. The normalized spacial score (nSPS) is 11.6. The van der Waals surface area contributed by atoms with E-state index in [-0.39, 0.29) is 12.1 Å². The summed E-state index contributed by atoms with van der Waals surface area (Å²) in [6.45, 7) is -0.320. The summed E-state index contributed by atoms with van der Waals surface area (Å²) in [6.07, 6.45) is -0.0608. The molecule has 92 valence electrons. The van der Waals surface area contributed by atoms with Crippen molar-refractivity contribution in [1.82, 2.24) is 10.3 Å². The zero-order valence-electron chi connectivity index (χ0n) is 9.10. The van der Waals surface area contributed by atoms with Gasteiger partial charge in [0.05, 0.1) is 13.7 Å². The van der Waals surface area contributed by atoms with Gasteiger partial charge in [-0.1, -0.05) is 0 Å². The first-order chi connectivity index (χ1) is 8.06. The molecule has 1 atom stereocenters. The molecule has 0 saturated heterocycles. The molecule has 7 nitrogen and oxygen atoms in total. The van der Waals surface area contributed by atoms with Gasteiger partial charge in [0.15, 0.2) is 6.10 Å². The van der Waals surface area contributed by atoms with Gasteiger partial charge in [-0.3, -0.25) is 9.59 Å². The van der Waals surface area contributed by atoms with Gasteiger partial charge in [-0.05, 0) is 12.1 Å². The second kappa shape index (κ2) is 5.80. The van der Waals surface area contributed by atoms with E-state index in [1.807, 2.05) is 0 Å². The molecule has 0 aliphatic rings. The number of ether oxygens (including phenoxy) is 1. The molecule has 7 heteroatoms. The third kappa shape index (κ3) is 3.42. The highest BCUT2D eigenvalue weighted by Gasteiger charge is 2.17. The maximum Gasteiger partial charge on any atom is 0.336 e. The first kappa shape index (κ1) is 12.9. The molecular formula is C10H12N2O5. The molecule has 1 aromatic rings. The van der Waals surface area contributed by atoms with E-state index in [0.29, 0.717) is 0 Å². The van der Waals surface area contributed by atoms with Crippen molar-refractivity contribution in [3.63, 3.8) is 0 Å². The Morgan fingerprint density at radius 2 is 2.29 bits per heavy atom. The van der Waals surface area contributed by atoms with Crippen molar-refractivity contribution >= 4 is 11.9 Å². The molecule has 1 unspecified atom stereocenters. The molecule has 0 aromatic carbocycles. The minimum Gasteiger partial charge on any atom is -0.467 e. The summed E-state index contributed by atoms with van der Waals surface area (Å²) in [5, 5.41) is 11.5. The Balaban J connectivity index is 2.60. The number of esters is 1. The van der Waals surface area contributed by atoms with Gasteiger partial charge in [0, 0.05) is 6.20 Å². The van der Waals surface area contributed by atoms with Gasteiger partial charge in [-0.25, -0.2) is 4.79 Å². The predicted octanol–water partition coefficient (Wildman–Crippen LogP) is -1.36. The van der Waals surface area contributed by atoms with E-state index in [9.17, 15) is 19.5 Å². The topological polar surface area (TPSA) is 108 Å². The summed E-state index contributed by atoms with van der Waals surface area (Å²) in [7, 11) is 1.12. The zero-order valence-corrected chi connectivity index (χ0v) is 9.10. The summed E-state index contributed by atoms with van der Waals surface area (Å²) in [5.41, 5.74) is -0.637. The number of hydrogen-bond acceptors (Lipinski definition) is 5. The van der Waals surface area contributed by atoms with Gasteiger partial charge < -0.3 is 20.1 Å². The number of hydrogen-bond donors (Lipinski definition) is 3. The van der Waals surface area contributed by atoms with Gasteiger partial charge in [-0.15, -0.1) is 0 Å². The van der Waals surface area contributed by atoms with E-state index in [1.165, 1.54) is 18.3 Å². The van der Waals surface area contributed by atoms with Crippen LogP contribution in [0.1, 0.15) is 10.4 Å². The maximum absolute atomic E-state index is 11.5. The Labute approximate surface area is 96.4 Å². The molecular weight excluding hydrogens is 228 g/mol. The number of carbonyl (C=O) groups is 2. The fourth-order valence-electron chi connectivity index (χ4n) is 1.10. The van der Waals surface area contributed by atoms with Gasteiger partial charge in [0.25, 0.3) is 11.5 Å². The van der Waals surface area contributed by atoms with Crippen LogP contribution in [0, 0.1) is 0 Å². The number of aliphatic hydroxyl groups excluding tert-OH is 1. The second-order valence-electron chi connectivity index (χ2n) is 3.16. The smallest absolute Gasteiger partial charge is 0.336 e. The van der Waals surface area contributed by atoms with Crippen molar-refractivity contribution in [3.05, 3.63) is 34.2 Å². The number of carbonyl (C=O) groups excluding carboxylic acids is 2. The highest BCUT2D eigenvalue weighted by molar-refractivity contribution is 5.94. The standard InChI is InChI=1S/C10H12N2O5/c1-17-10(16)7(13)5-12-9(15)6-3-2-4-11-8(6)14/h2-4,7,13H,5H2,1H3,(H,11,14)(H,12,15). The van der Waals surface area contributed by atoms with Crippen LogP contribution in [0.5, 0.6) is 0 Å². The molecule has 0 spiro atoms. The monoisotopic (exact) mass is 240 g/mol. The van der Waals surface area contributed by atoms with Crippen LogP contribution in [-0.2, 0) is 9.53 Å². The van der Waals surface area contributed by atoms with Gasteiger partial charge in [0.1, 0.15) is 5.56 Å². The fraction of sp³-hybridized carbons (Fsp3) is 0.300. The number of rotatable bonds is 4. The van der Waals surface area contributed by atoms with Crippen molar-refractivity contribution in [2.45, 2.75) is 6.10 Å². The summed E-state index contributed by atoms with van der Waals surface area (Å²) in [4.78, 5) is 35.9. The average Bonchev–Trinajstić information content (AvgIpc) is 2.35. The fourth-order valence-corrected chi connectivity index (χ4v) is 1.10. The largest absolute Gasteiger partial charge is 0.467 e. The molecule has 1 rings (SSSR count). The first-order valence-corrected chi connectivity index (χ1v) is 4.78. The van der Waals surface area contributed by atoms with Crippen LogP contribution in [0.2, 0.25) is 0 Å². The molecule has 3 N–H and O–H groups in total. The van der Waals surface area contributed by atoms with E-state index in [2.05, 4.69) is 15.0 Å². The van der Waals surface area contributed by atoms with Gasteiger partial charge >= 0.3 is 5.97 Å². The maximum atomic E-state index is 11.5. The quantitative estimate of drug-likeness (QED) is 0.563. The third-order valence-corrected chi connectivity index (χ3v) is 1.99. The third-order valence-electron chi connectivity index (χ3n) is 1.99. The lowest BCUT2D eigenvalue weighted by molar-refractivity contribution is -0.149. The van der Waals surface area contributed by atoms with Crippen LogP contribution < -0.4 is 10.9 Å². The summed E-state index contributed by atoms with van der Waals surface area (Å²) < 4.78 is 4.27. The number of aliphatic hydroxyl groups is 1. The number of aromatic nitrogens is 1. The minimum absolute atomic E-state index is 0.0930. The Morgan fingerprint density at radius 3 is 2.88 bits per heavy atom. The Kier molecular flexibility index (Phi) is 4.41. The summed E-state index contributed by atoms with van der Waals surface area (Å²) >= 11 is 0. The van der Waals surface area contributed by atoms with E-state index >= 15 is 0 Å². The lowest BCUT2D eigenvalue weighted by Crippen LogP contribution is -2.38. The van der Waals surface area contributed by atoms with E-state index in [0.717, 1.165) is 7.11 Å². The average molecular weight is 240 g/mol. The Morgan fingerprint density at radius 1 is 1.59 bits per heavy atom. The number of amides is 1. The van der Waals surface area contributed by atoms with Crippen LogP contribution in [0.15, 0.2) is 23.1 Å². The summed E-state index contributed by atoms with van der Waals surface area (Å²) in [5.74, 6) is -1.53. The molecule has 0 bridgehead atoms. The van der Waals surface area contributed by atoms with Crippen molar-refractivity contribution in [2.75, 3.05) is 13.7 Å². The molecule has 17 heavy (non-hydrogen) atoms. The van der Waals surface area contributed by atoms with Crippen LogP contribution in [0.4, 0.5) is 0 Å². The number of methoxy groups -OCH3 is 1. The molecule has 0 fully saturated rings. The van der Waals surface area contributed by atoms with Crippen LogP contribution in [-0.4, -0.2) is 41.7 Å². The summed E-state index contributed by atoms with van der Waals surface area (Å²) in [6, 6.07) is 2.83.